The standard InChI is InChI=1S/C18H18F2N2O5/c1-8-12(11-4-9-3-10(9)22(11)13(8)16(26)27-2)14(24)15(25)21-17(7-23)5-18(19,20)6-17/h7,9-10H,3-6H2,1-2H3,(H,21,25)/t9?,10-/m1/s1. The minimum Gasteiger partial charge on any atom is -0.464 e. The largest absolute Gasteiger partial charge is 0.464 e. The van der Waals surface area contributed by atoms with Gasteiger partial charge in [-0.25, -0.2) is 13.6 Å². The number of aromatic nitrogens is 1. The lowest BCUT2D eigenvalue weighted by Crippen LogP contribution is -2.64. The van der Waals surface area contributed by atoms with Crippen molar-refractivity contribution in [2.24, 2.45) is 5.92 Å². The maximum atomic E-state index is 13.2. The van der Waals surface area contributed by atoms with E-state index < -0.39 is 42.0 Å². The zero-order chi connectivity index (χ0) is 19.7. The zero-order valence-electron chi connectivity index (χ0n) is 14.8. The maximum Gasteiger partial charge on any atom is 0.354 e. The number of nitrogens with one attached hydrogen (secondary N) is 1. The molecule has 0 radical (unpaired) electrons. The third-order valence-electron chi connectivity index (χ3n) is 5.77. The lowest BCUT2D eigenvalue weighted by atomic mass is 9.74. The molecule has 7 nitrogen and oxygen atoms in total. The van der Waals surface area contributed by atoms with E-state index in [0.29, 0.717) is 23.6 Å². The van der Waals surface area contributed by atoms with Crippen LogP contribution >= 0.6 is 0 Å². The Labute approximate surface area is 153 Å². The Morgan fingerprint density at radius 2 is 1.96 bits per heavy atom. The van der Waals surface area contributed by atoms with Crippen molar-refractivity contribution in [3.05, 3.63) is 22.5 Å². The van der Waals surface area contributed by atoms with Gasteiger partial charge in [-0.3, -0.25) is 9.59 Å². The van der Waals surface area contributed by atoms with Crippen molar-refractivity contribution in [2.75, 3.05) is 7.11 Å². The quantitative estimate of drug-likeness (QED) is 0.360. The average Bonchev–Trinajstić information content (AvgIpc) is 3.16. The molecule has 1 amide bonds. The highest BCUT2D eigenvalue weighted by Crippen LogP contribution is 2.54. The van der Waals surface area contributed by atoms with E-state index in [2.05, 4.69) is 5.32 Å². The molecule has 2 saturated carbocycles. The molecule has 1 unspecified atom stereocenters. The van der Waals surface area contributed by atoms with Gasteiger partial charge in [0.05, 0.1) is 12.7 Å². The number of amides is 1. The Balaban J connectivity index is 1.65. The fourth-order valence-corrected chi connectivity index (χ4v) is 4.47. The van der Waals surface area contributed by atoms with E-state index in [4.69, 9.17) is 4.74 Å². The highest BCUT2D eigenvalue weighted by Gasteiger charge is 2.58. The first-order valence-electron chi connectivity index (χ1n) is 8.66. The van der Waals surface area contributed by atoms with Gasteiger partial charge in [-0.05, 0) is 31.2 Å². The van der Waals surface area contributed by atoms with Gasteiger partial charge < -0.3 is 19.4 Å². The van der Waals surface area contributed by atoms with Crippen molar-refractivity contribution in [1.29, 1.82) is 0 Å². The number of alkyl halides is 2. The number of aldehydes is 1. The van der Waals surface area contributed by atoms with Gasteiger partial charge in [-0.15, -0.1) is 0 Å². The first-order valence-corrected chi connectivity index (χ1v) is 8.66. The molecule has 1 aromatic heterocycles. The van der Waals surface area contributed by atoms with E-state index in [1.807, 2.05) is 0 Å². The van der Waals surface area contributed by atoms with Crippen LogP contribution < -0.4 is 5.32 Å². The van der Waals surface area contributed by atoms with Gasteiger partial charge in [0.25, 0.3) is 17.6 Å². The highest BCUT2D eigenvalue weighted by molar-refractivity contribution is 6.44. The van der Waals surface area contributed by atoms with Gasteiger partial charge in [-0.2, -0.15) is 0 Å². The summed E-state index contributed by atoms with van der Waals surface area (Å²) in [7, 11) is 1.24. The lowest BCUT2D eigenvalue weighted by molar-refractivity contribution is -0.154. The van der Waals surface area contributed by atoms with E-state index in [-0.39, 0.29) is 23.6 Å². The third kappa shape index (κ3) is 2.51. The molecule has 2 fully saturated rings. The van der Waals surface area contributed by atoms with Crippen LogP contribution in [0.15, 0.2) is 0 Å². The number of methoxy groups -OCH3 is 1. The minimum absolute atomic E-state index is 0.104. The zero-order valence-corrected chi connectivity index (χ0v) is 14.8. The SMILES string of the molecule is COC(=O)c1c(C)c(C(=O)C(=O)NC2(C=O)CC(F)(F)C2)c2n1[C@@H]1CC1C2. The molecule has 4 rings (SSSR count). The van der Waals surface area contributed by atoms with Crippen LogP contribution in [0.3, 0.4) is 0 Å². The Hall–Kier alpha value is -2.58. The van der Waals surface area contributed by atoms with Crippen LogP contribution in [-0.4, -0.2) is 47.1 Å². The second-order valence-corrected chi connectivity index (χ2v) is 7.69. The number of halogens is 2. The number of ketones is 1. The summed E-state index contributed by atoms with van der Waals surface area (Å²) >= 11 is 0. The summed E-state index contributed by atoms with van der Waals surface area (Å²) in [6, 6.07) is 0.115. The second kappa shape index (κ2) is 5.46. The number of esters is 1. The van der Waals surface area contributed by atoms with Crippen LogP contribution in [0.5, 0.6) is 0 Å². The number of rotatable bonds is 5. The van der Waals surface area contributed by atoms with E-state index in [1.165, 1.54) is 7.11 Å². The van der Waals surface area contributed by atoms with E-state index in [1.54, 1.807) is 11.5 Å². The molecule has 0 aromatic carbocycles. The van der Waals surface area contributed by atoms with Crippen molar-refractivity contribution >= 4 is 23.9 Å². The predicted octanol–water partition coefficient (Wildman–Crippen LogP) is 1.37. The summed E-state index contributed by atoms with van der Waals surface area (Å²) in [6.45, 7) is 1.56. The minimum atomic E-state index is -3.04. The van der Waals surface area contributed by atoms with Crippen LogP contribution in [0.4, 0.5) is 8.78 Å². The van der Waals surface area contributed by atoms with E-state index in [9.17, 15) is 28.0 Å². The van der Waals surface area contributed by atoms with Gasteiger partial charge in [0.2, 0.25) is 0 Å². The summed E-state index contributed by atoms with van der Waals surface area (Å²) in [5, 5.41) is 2.16. The maximum absolute atomic E-state index is 13.2. The number of carbonyl (C=O) groups excluding carboxylic acids is 4. The molecule has 1 aromatic rings. The molecule has 2 atom stereocenters. The van der Waals surface area contributed by atoms with E-state index in [0.717, 1.165) is 6.42 Å². The topological polar surface area (TPSA) is 94.5 Å². The monoisotopic (exact) mass is 380 g/mol. The molecule has 1 N–H and O–H groups in total. The van der Waals surface area contributed by atoms with Crippen molar-refractivity contribution in [2.45, 2.75) is 50.1 Å². The molecule has 3 aliphatic rings. The molecule has 27 heavy (non-hydrogen) atoms. The summed E-state index contributed by atoms with van der Waals surface area (Å²) in [5.74, 6) is -5.35. The number of Topliss-reactive ketones (excluding diaryl/α,β-unsaturated/α-hetero) is 1. The fraction of sp³-hybridized carbons (Fsp3) is 0.556. The van der Waals surface area contributed by atoms with Crippen LogP contribution in [-0.2, 0) is 20.7 Å². The highest BCUT2D eigenvalue weighted by atomic mass is 19.3. The number of carbonyl (C=O) groups is 4. The van der Waals surface area contributed by atoms with Crippen molar-refractivity contribution in [1.82, 2.24) is 9.88 Å². The van der Waals surface area contributed by atoms with Gasteiger partial charge in [0.1, 0.15) is 17.5 Å². The van der Waals surface area contributed by atoms with Crippen molar-refractivity contribution in [3.8, 4) is 0 Å². The van der Waals surface area contributed by atoms with Crippen LogP contribution in [0.1, 0.15) is 57.4 Å². The lowest BCUT2D eigenvalue weighted by Gasteiger charge is -2.43. The Morgan fingerprint density at radius 3 is 2.52 bits per heavy atom. The molecule has 9 heteroatoms. The van der Waals surface area contributed by atoms with Crippen molar-refractivity contribution in [3.63, 3.8) is 0 Å². The molecular formula is C18H18F2N2O5. The summed E-state index contributed by atoms with van der Waals surface area (Å²) < 4.78 is 32.9. The van der Waals surface area contributed by atoms with E-state index >= 15 is 0 Å². The normalized spacial score (nSPS) is 25.6. The molecule has 0 spiro atoms. The van der Waals surface area contributed by atoms with Crippen LogP contribution in [0.25, 0.3) is 0 Å². The van der Waals surface area contributed by atoms with Gasteiger partial charge in [0.15, 0.2) is 0 Å². The number of hydrogen-bond donors (Lipinski definition) is 1. The number of ether oxygens (including phenoxy) is 1. The number of nitrogens with zero attached hydrogens (tertiary/aromatic N) is 1. The molecule has 2 heterocycles. The average molecular weight is 380 g/mol. The first kappa shape index (κ1) is 17.8. The number of fused-ring (bicyclic) bond motifs is 3. The molecule has 2 aliphatic carbocycles. The van der Waals surface area contributed by atoms with Crippen LogP contribution in [0.2, 0.25) is 0 Å². The third-order valence-corrected chi connectivity index (χ3v) is 5.77. The summed E-state index contributed by atoms with van der Waals surface area (Å²) in [5.41, 5.74) is -0.448. The molecular weight excluding hydrogens is 362 g/mol. The smallest absolute Gasteiger partial charge is 0.354 e. The van der Waals surface area contributed by atoms with Gasteiger partial charge in [0, 0.05) is 24.6 Å². The fourth-order valence-electron chi connectivity index (χ4n) is 4.47. The first-order chi connectivity index (χ1) is 12.6. The Bertz CT molecular complexity index is 896. The molecule has 0 bridgehead atoms. The second-order valence-electron chi connectivity index (χ2n) is 7.69. The number of hydrogen-bond acceptors (Lipinski definition) is 5. The molecule has 0 saturated heterocycles. The Kier molecular flexibility index (Phi) is 3.60. The summed E-state index contributed by atoms with van der Waals surface area (Å²) in [6.07, 6.45) is 0.0591. The molecule has 144 valence electrons. The van der Waals surface area contributed by atoms with Gasteiger partial charge >= 0.3 is 5.97 Å². The Morgan fingerprint density at radius 1 is 1.30 bits per heavy atom. The van der Waals surface area contributed by atoms with Gasteiger partial charge in [-0.1, -0.05) is 0 Å². The predicted molar refractivity (Wildman–Crippen MR) is 86.8 cm³/mol. The van der Waals surface area contributed by atoms with Crippen LogP contribution in [0, 0.1) is 12.8 Å². The molecule has 1 aliphatic heterocycles. The van der Waals surface area contributed by atoms with Crippen molar-refractivity contribution < 1.29 is 32.7 Å². The summed E-state index contributed by atoms with van der Waals surface area (Å²) in [4.78, 5) is 48.6.